The highest BCUT2D eigenvalue weighted by Crippen LogP contribution is 2.41. The topological polar surface area (TPSA) is 46.2 Å². The lowest BCUT2D eigenvalue weighted by molar-refractivity contribution is 0.306. The van der Waals surface area contributed by atoms with E-state index in [4.69, 9.17) is 0 Å². The van der Waals surface area contributed by atoms with Crippen LogP contribution in [0.2, 0.25) is 0 Å². The van der Waals surface area contributed by atoms with Gasteiger partial charge in [-0.3, -0.25) is 0 Å². The lowest BCUT2D eigenvalue weighted by Crippen LogP contribution is -2.26. The second-order valence-corrected chi connectivity index (χ2v) is 8.31. The molecular formula is C17H27NO2S. The molecule has 0 heterocycles. The van der Waals surface area contributed by atoms with Gasteiger partial charge in [0, 0.05) is 6.54 Å². The largest absolute Gasteiger partial charge is 0.383 e. The summed E-state index contributed by atoms with van der Waals surface area (Å²) in [7, 11) is -3.18. The first-order valence-corrected chi connectivity index (χ1v) is 9.74. The zero-order chi connectivity index (χ0) is 15.3. The third kappa shape index (κ3) is 3.79. The number of hydrogen-bond acceptors (Lipinski definition) is 3. The van der Waals surface area contributed by atoms with Crippen LogP contribution in [-0.2, 0) is 9.84 Å². The maximum absolute atomic E-state index is 12.4. The van der Waals surface area contributed by atoms with Crippen LogP contribution in [0, 0.1) is 5.41 Å². The van der Waals surface area contributed by atoms with Crippen LogP contribution in [0.25, 0.3) is 0 Å². The fourth-order valence-electron chi connectivity index (χ4n) is 3.33. The molecule has 1 aromatic carbocycles. The van der Waals surface area contributed by atoms with Crippen molar-refractivity contribution in [3.05, 3.63) is 24.3 Å². The second-order valence-electron chi connectivity index (χ2n) is 6.23. The molecule has 3 nitrogen and oxygen atoms in total. The first kappa shape index (κ1) is 16.3. The number of rotatable bonds is 7. The van der Waals surface area contributed by atoms with Gasteiger partial charge in [0.2, 0.25) is 0 Å². The second kappa shape index (κ2) is 6.82. The molecule has 4 heteroatoms. The van der Waals surface area contributed by atoms with Crippen molar-refractivity contribution in [2.24, 2.45) is 5.41 Å². The van der Waals surface area contributed by atoms with E-state index in [1.165, 1.54) is 25.7 Å². The van der Waals surface area contributed by atoms with Crippen LogP contribution in [0.15, 0.2) is 29.2 Å². The first-order valence-electron chi connectivity index (χ1n) is 8.09. The Labute approximate surface area is 129 Å². The molecule has 0 amide bonds. The minimum Gasteiger partial charge on any atom is -0.383 e. The van der Waals surface area contributed by atoms with E-state index in [9.17, 15) is 8.42 Å². The number of benzene rings is 1. The summed E-state index contributed by atoms with van der Waals surface area (Å²) in [5.41, 5.74) is 1.12. The predicted molar refractivity (Wildman–Crippen MR) is 88.5 cm³/mol. The Morgan fingerprint density at radius 1 is 1.14 bits per heavy atom. The van der Waals surface area contributed by atoms with E-state index in [1.807, 2.05) is 19.1 Å². The smallest absolute Gasteiger partial charge is 0.180 e. The molecule has 0 saturated heterocycles. The fraction of sp³-hybridized carbons (Fsp3) is 0.647. The SMILES string of the molecule is CCCS(=O)(=O)c1ccccc1NCC1(CC)CCCC1. The summed E-state index contributed by atoms with van der Waals surface area (Å²) in [4.78, 5) is 0.455. The van der Waals surface area contributed by atoms with E-state index in [0.29, 0.717) is 16.7 Å². The monoisotopic (exact) mass is 309 g/mol. The lowest BCUT2D eigenvalue weighted by Gasteiger charge is -2.28. The van der Waals surface area contributed by atoms with Crippen LogP contribution >= 0.6 is 0 Å². The molecule has 0 spiro atoms. The Kier molecular flexibility index (Phi) is 5.31. The Bertz CT molecular complexity index is 560. The summed E-state index contributed by atoms with van der Waals surface area (Å²) in [6.07, 6.45) is 6.90. The third-order valence-electron chi connectivity index (χ3n) is 4.76. The third-order valence-corrected chi connectivity index (χ3v) is 6.73. The van der Waals surface area contributed by atoms with Gasteiger partial charge in [-0.15, -0.1) is 0 Å². The van der Waals surface area contributed by atoms with Gasteiger partial charge in [0.05, 0.1) is 16.3 Å². The molecular weight excluding hydrogens is 282 g/mol. The van der Waals surface area contributed by atoms with Crippen LogP contribution < -0.4 is 5.32 Å². The number of hydrogen-bond donors (Lipinski definition) is 1. The molecule has 1 N–H and O–H groups in total. The van der Waals surface area contributed by atoms with Crippen molar-refractivity contribution in [3.63, 3.8) is 0 Å². The van der Waals surface area contributed by atoms with Crippen molar-refractivity contribution < 1.29 is 8.42 Å². The summed E-state index contributed by atoms with van der Waals surface area (Å²) in [5.74, 6) is 0.213. The Morgan fingerprint density at radius 3 is 2.43 bits per heavy atom. The molecule has 0 atom stereocenters. The molecule has 1 saturated carbocycles. The molecule has 1 aliphatic carbocycles. The molecule has 0 radical (unpaired) electrons. The number of para-hydroxylation sites is 1. The van der Waals surface area contributed by atoms with Crippen molar-refractivity contribution in [3.8, 4) is 0 Å². The molecule has 1 fully saturated rings. The van der Waals surface area contributed by atoms with Crippen LogP contribution in [0.4, 0.5) is 5.69 Å². The normalized spacial score (nSPS) is 17.8. The maximum atomic E-state index is 12.4. The summed E-state index contributed by atoms with van der Waals surface area (Å²) >= 11 is 0. The Balaban J connectivity index is 2.17. The van der Waals surface area contributed by atoms with Crippen LogP contribution in [0.1, 0.15) is 52.4 Å². The number of nitrogens with one attached hydrogen (secondary N) is 1. The lowest BCUT2D eigenvalue weighted by atomic mass is 9.83. The molecule has 1 aliphatic rings. The molecule has 0 bridgehead atoms. The Morgan fingerprint density at radius 2 is 1.81 bits per heavy atom. The highest BCUT2D eigenvalue weighted by Gasteiger charge is 2.32. The number of sulfone groups is 1. The molecule has 0 unspecified atom stereocenters. The van der Waals surface area contributed by atoms with Gasteiger partial charge in [-0.2, -0.15) is 0 Å². The molecule has 2 rings (SSSR count). The van der Waals surface area contributed by atoms with Gasteiger partial charge in [-0.25, -0.2) is 8.42 Å². The van der Waals surface area contributed by atoms with Crippen molar-refractivity contribution in [2.45, 2.75) is 57.3 Å². The van der Waals surface area contributed by atoms with E-state index in [-0.39, 0.29) is 5.75 Å². The summed E-state index contributed by atoms with van der Waals surface area (Å²) < 4.78 is 24.7. The molecule has 0 aromatic heterocycles. The van der Waals surface area contributed by atoms with Crippen molar-refractivity contribution in [1.82, 2.24) is 0 Å². The standard InChI is InChI=1S/C17H27NO2S/c1-3-13-21(19,20)16-10-6-5-9-15(16)18-14-17(4-2)11-7-8-12-17/h5-6,9-10,18H,3-4,7-8,11-14H2,1-2H3. The summed E-state index contributed by atoms with van der Waals surface area (Å²) in [6, 6.07) is 7.32. The minimum atomic E-state index is -3.18. The van der Waals surface area contributed by atoms with Crippen molar-refractivity contribution in [2.75, 3.05) is 17.6 Å². The molecule has 1 aromatic rings. The zero-order valence-corrected chi connectivity index (χ0v) is 14.0. The van der Waals surface area contributed by atoms with Gasteiger partial charge in [0.1, 0.15) is 0 Å². The molecule has 21 heavy (non-hydrogen) atoms. The zero-order valence-electron chi connectivity index (χ0n) is 13.2. The average molecular weight is 309 g/mol. The van der Waals surface area contributed by atoms with Gasteiger partial charge in [0.25, 0.3) is 0 Å². The first-order chi connectivity index (χ1) is 10.0. The number of anilines is 1. The van der Waals surface area contributed by atoms with E-state index >= 15 is 0 Å². The van der Waals surface area contributed by atoms with Crippen molar-refractivity contribution >= 4 is 15.5 Å². The highest BCUT2D eigenvalue weighted by molar-refractivity contribution is 7.91. The highest BCUT2D eigenvalue weighted by atomic mass is 32.2. The van der Waals surface area contributed by atoms with Gasteiger partial charge in [-0.05, 0) is 43.2 Å². The quantitative estimate of drug-likeness (QED) is 0.819. The minimum absolute atomic E-state index is 0.213. The average Bonchev–Trinajstić information content (AvgIpc) is 2.95. The summed E-state index contributed by atoms with van der Waals surface area (Å²) in [5, 5.41) is 3.43. The molecule has 0 aliphatic heterocycles. The van der Waals surface area contributed by atoms with Crippen LogP contribution in [0.5, 0.6) is 0 Å². The van der Waals surface area contributed by atoms with E-state index < -0.39 is 9.84 Å². The predicted octanol–water partition coefficient (Wildman–Crippen LogP) is 4.25. The van der Waals surface area contributed by atoms with Gasteiger partial charge < -0.3 is 5.32 Å². The summed E-state index contributed by atoms with van der Waals surface area (Å²) in [6.45, 7) is 5.02. The Hall–Kier alpha value is -1.03. The van der Waals surface area contributed by atoms with E-state index in [2.05, 4.69) is 12.2 Å². The molecule has 118 valence electrons. The van der Waals surface area contributed by atoms with Crippen molar-refractivity contribution in [1.29, 1.82) is 0 Å². The van der Waals surface area contributed by atoms with Crippen LogP contribution in [0.3, 0.4) is 0 Å². The van der Waals surface area contributed by atoms with E-state index in [0.717, 1.165) is 18.7 Å². The van der Waals surface area contributed by atoms with Gasteiger partial charge >= 0.3 is 0 Å². The fourth-order valence-corrected chi connectivity index (χ4v) is 4.84. The van der Waals surface area contributed by atoms with E-state index in [1.54, 1.807) is 12.1 Å². The maximum Gasteiger partial charge on any atom is 0.180 e. The van der Waals surface area contributed by atoms with Gasteiger partial charge in [0.15, 0.2) is 9.84 Å². The van der Waals surface area contributed by atoms with Crippen LogP contribution in [-0.4, -0.2) is 20.7 Å². The van der Waals surface area contributed by atoms with Gasteiger partial charge in [-0.1, -0.05) is 38.8 Å².